The second-order valence-electron chi connectivity index (χ2n) is 4.47. The number of hydrogen-bond donors (Lipinski definition) is 0. The molecule has 0 aromatic carbocycles. The number of hydrogen-bond acceptors (Lipinski definition) is 1. The van der Waals surface area contributed by atoms with Gasteiger partial charge in [-0.3, -0.25) is 5.57 Å². The van der Waals surface area contributed by atoms with Crippen LogP contribution in [-0.2, 0) is 21.5 Å². The molecule has 0 unspecified atom stereocenters. The van der Waals surface area contributed by atoms with Gasteiger partial charge in [0, 0.05) is 6.61 Å². The van der Waals surface area contributed by atoms with Crippen LogP contribution in [0.25, 0.3) is 0 Å². The summed E-state index contributed by atoms with van der Waals surface area (Å²) >= 11 is 0. The maximum atomic E-state index is 5.84. The fourth-order valence-corrected chi connectivity index (χ4v) is 1.73. The van der Waals surface area contributed by atoms with Crippen LogP contribution in [0.3, 0.4) is 0 Å². The molecule has 0 fully saturated rings. The van der Waals surface area contributed by atoms with E-state index in [1.165, 1.54) is 12.8 Å². The molecule has 0 saturated carbocycles. The van der Waals surface area contributed by atoms with Crippen LogP contribution in [-0.4, -0.2) is 14.9 Å². The molecule has 0 aliphatic carbocycles. The van der Waals surface area contributed by atoms with Gasteiger partial charge in [-0.25, -0.2) is 0 Å². The van der Waals surface area contributed by atoms with Crippen molar-refractivity contribution in [2.24, 2.45) is 0 Å². The molecule has 0 aromatic rings. The van der Waals surface area contributed by atoms with Crippen LogP contribution in [0.2, 0.25) is 19.6 Å². The Bertz CT molecular complexity index is 152. The number of rotatable bonds is 7. The summed E-state index contributed by atoms with van der Waals surface area (Å²) < 4.78 is 5.72. The van der Waals surface area contributed by atoms with E-state index in [4.69, 9.17) is 11.0 Å². The van der Waals surface area contributed by atoms with Crippen LogP contribution in [0, 0.1) is 6.58 Å². The molecule has 0 aromatic heterocycles. The maximum Gasteiger partial charge on any atom is 1.00 e. The molecule has 0 spiro atoms. The average molecular weight is 263 g/mol. The van der Waals surface area contributed by atoms with Gasteiger partial charge >= 0.3 is 17.1 Å². The van der Waals surface area contributed by atoms with Crippen molar-refractivity contribution >= 4 is 8.32 Å². The first-order valence-corrected chi connectivity index (χ1v) is 8.60. The summed E-state index contributed by atoms with van der Waals surface area (Å²) in [5.74, 6) is 0. The maximum absolute atomic E-state index is 5.84. The van der Waals surface area contributed by atoms with Crippen molar-refractivity contribution in [1.29, 1.82) is 0 Å². The van der Waals surface area contributed by atoms with Crippen LogP contribution in [0.4, 0.5) is 0 Å². The normalized spacial score (nSPS) is 10.9. The van der Waals surface area contributed by atoms with Crippen molar-refractivity contribution in [1.82, 2.24) is 0 Å². The fraction of sp³-hybridized carbons (Fsp3) is 0.818. The Balaban J connectivity index is 0. The molecule has 0 radical (unpaired) electrons. The van der Waals surface area contributed by atoms with E-state index in [2.05, 4.69) is 26.6 Å². The zero-order valence-corrected chi connectivity index (χ0v) is 11.8. The predicted octanol–water partition coefficient (Wildman–Crippen LogP) is 3.78. The molecule has 0 heterocycles. The minimum atomic E-state index is -1.32. The summed E-state index contributed by atoms with van der Waals surface area (Å²) in [6.45, 7) is 15.4. The molecule has 88 valence electrons. The van der Waals surface area contributed by atoms with Gasteiger partial charge in [0.1, 0.15) is 0 Å². The Labute approximate surface area is 101 Å². The van der Waals surface area contributed by atoms with Gasteiger partial charge in [0.2, 0.25) is 0 Å². The zero-order valence-electron chi connectivity index (χ0n) is 9.82. The van der Waals surface area contributed by atoms with E-state index >= 15 is 0 Å². The van der Waals surface area contributed by atoms with E-state index in [-0.39, 0.29) is 17.1 Å². The average Bonchev–Trinajstić information content (AvgIpc) is 1.98. The van der Waals surface area contributed by atoms with Crippen LogP contribution >= 0.6 is 0 Å². The van der Waals surface area contributed by atoms with Crippen LogP contribution in [0.1, 0.15) is 32.6 Å². The zero-order chi connectivity index (χ0) is 10.3. The molecular formula is C11H23CuOSi. The van der Waals surface area contributed by atoms with Gasteiger partial charge in [0.25, 0.3) is 0 Å². The van der Waals surface area contributed by atoms with E-state index in [1.54, 1.807) is 0 Å². The van der Waals surface area contributed by atoms with Gasteiger partial charge in [-0.2, -0.15) is 0 Å². The van der Waals surface area contributed by atoms with E-state index in [1.807, 2.05) is 0 Å². The SMILES string of the molecule is [CH-]=C(CCCC)CCO[Si](C)(C)C.[Cu+]. The Morgan fingerprint density at radius 1 is 1.21 bits per heavy atom. The monoisotopic (exact) mass is 262 g/mol. The second-order valence-corrected chi connectivity index (χ2v) is 8.99. The summed E-state index contributed by atoms with van der Waals surface area (Å²) in [5, 5.41) is 0. The van der Waals surface area contributed by atoms with Crippen molar-refractivity contribution in [2.45, 2.75) is 52.2 Å². The molecule has 14 heavy (non-hydrogen) atoms. The third kappa shape index (κ3) is 12.4. The fourth-order valence-electron chi connectivity index (χ4n) is 1.02. The predicted molar refractivity (Wildman–Crippen MR) is 61.3 cm³/mol. The Morgan fingerprint density at radius 3 is 2.21 bits per heavy atom. The Morgan fingerprint density at radius 2 is 1.79 bits per heavy atom. The molecular weight excluding hydrogens is 240 g/mol. The van der Waals surface area contributed by atoms with Crippen LogP contribution in [0.5, 0.6) is 0 Å². The second kappa shape index (κ2) is 8.72. The first-order chi connectivity index (χ1) is 5.95. The van der Waals surface area contributed by atoms with Crippen LogP contribution < -0.4 is 0 Å². The summed E-state index contributed by atoms with van der Waals surface area (Å²) in [7, 11) is -1.32. The van der Waals surface area contributed by atoms with Gasteiger partial charge in [-0.1, -0.05) is 26.2 Å². The van der Waals surface area contributed by atoms with Crippen molar-refractivity contribution < 1.29 is 21.5 Å². The minimum absolute atomic E-state index is 0. The third-order valence-corrected chi connectivity index (χ3v) is 2.88. The molecule has 0 bridgehead atoms. The molecule has 0 saturated heterocycles. The van der Waals surface area contributed by atoms with Gasteiger partial charge in [0.05, 0.1) is 0 Å². The quantitative estimate of drug-likeness (QED) is 0.501. The summed E-state index contributed by atoms with van der Waals surface area (Å²) in [4.78, 5) is 0. The molecule has 0 N–H and O–H groups in total. The van der Waals surface area contributed by atoms with E-state index in [9.17, 15) is 0 Å². The smallest absolute Gasteiger partial charge is 0.514 e. The standard InChI is InChI=1S/C11H23OSi.Cu/c1-6-7-8-11(2)9-10-12-13(3,4)5;/h2H,6-10H2,1,3-5H3;/q-1;+1. The first kappa shape index (κ1) is 16.9. The van der Waals surface area contributed by atoms with Gasteiger partial charge in [-0.05, 0) is 26.1 Å². The third-order valence-electron chi connectivity index (χ3n) is 1.81. The topological polar surface area (TPSA) is 9.23 Å². The first-order valence-electron chi connectivity index (χ1n) is 5.20. The van der Waals surface area contributed by atoms with E-state index < -0.39 is 8.32 Å². The van der Waals surface area contributed by atoms with Crippen molar-refractivity contribution in [2.75, 3.05) is 6.61 Å². The largest absolute Gasteiger partial charge is 1.00 e. The van der Waals surface area contributed by atoms with Crippen LogP contribution in [0.15, 0.2) is 5.57 Å². The Kier molecular flexibility index (Phi) is 10.5. The summed E-state index contributed by atoms with van der Waals surface area (Å²) in [6.07, 6.45) is 4.42. The van der Waals surface area contributed by atoms with E-state index in [0.29, 0.717) is 0 Å². The summed E-state index contributed by atoms with van der Waals surface area (Å²) in [5.41, 5.74) is 1.10. The van der Waals surface area contributed by atoms with Crippen molar-refractivity contribution in [3.63, 3.8) is 0 Å². The molecule has 0 amide bonds. The molecule has 1 nitrogen and oxygen atoms in total. The van der Waals surface area contributed by atoms with Crippen molar-refractivity contribution in [3.8, 4) is 0 Å². The van der Waals surface area contributed by atoms with Gasteiger partial charge in [-0.15, -0.1) is 0 Å². The molecule has 0 aliphatic heterocycles. The summed E-state index contributed by atoms with van der Waals surface area (Å²) in [6, 6.07) is 0. The molecule has 0 atom stereocenters. The van der Waals surface area contributed by atoms with E-state index in [0.717, 1.165) is 25.0 Å². The molecule has 0 rings (SSSR count). The number of unbranched alkanes of at least 4 members (excludes halogenated alkanes) is 1. The Hall–Kier alpha value is 0.436. The molecule has 3 heteroatoms. The van der Waals surface area contributed by atoms with Crippen molar-refractivity contribution in [3.05, 3.63) is 12.2 Å². The van der Waals surface area contributed by atoms with Gasteiger partial charge < -0.3 is 11.0 Å². The minimum Gasteiger partial charge on any atom is -0.514 e. The molecule has 0 aliphatic rings. The van der Waals surface area contributed by atoms with Gasteiger partial charge in [0.15, 0.2) is 8.32 Å².